The molecule has 0 fully saturated rings. The van der Waals surface area contributed by atoms with Gasteiger partial charge in [0.15, 0.2) is 0 Å². The van der Waals surface area contributed by atoms with E-state index in [4.69, 9.17) is 0 Å². The lowest BCUT2D eigenvalue weighted by molar-refractivity contribution is 1.13. The molecule has 3 rings (SSSR count). The molecule has 0 bridgehead atoms. The molecule has 0 saturated carbocycles. The molecule has 0 heterocycles. The van der Waals surface area contributed by atoms with Gasteiger partial charge in [-0.15, -0.1) is 0 Å². The van der Waals surface area contributed by atoms with E-state index in [1.165, 1.54) is 33.4 Å². The van der Waals surface area contributed by atoms with Crippen LogP contribution in [-0.4, -0.2) is 0 Å². The molecule has 0 heteroatoms. The van der Waals surface area contributed by atoms with Crippen molar-refractivity contribution in [3.8, 4) is 0 Å². The van der Waals surface area contributed by atoms with Crippen LogP contribution in [-0.2, 0) is 0 Å². The molecule has 0 atom stereocenters. The van der Waals surface area contributed by atoms with Crippen LogP contribution in [0.3, 0.4) is 0 Å². The molecular weight excluding hydrogens is 204 g/mol. The normalized spacial score (nSPS) is 31.3. The number of allylic oxidation sites excluding steroid dienone is 12. The van der Waals surface area contributed by atoms with Crippen molar-refractivity contribution in [3.63, 3.8) is 0 Å². The van der Waals surface area contributed by atoms with Crippen molar-refractivity contribution < 1.29 is 0 Å². The molecule has 0 spiro atoms. The van der Waals surface area contributed by atoms with Gasteiger partial charge in [-0.05, 0) is 41.6 Å². The molecule has 0 N–H and O–H groups in total. The molecule has 0 saturated heterocycles. The summed E-state index contributed by atoms with van der Waals surface area (Å²) in [5.41, 5.74) is 8.21. The van der Waals surface area contributed by atoms with E-state index in [9.17, 15) is 0 Å². The fraction of sp³-hybridized carbons (Fsp3) is 0.176. The number of rotatable bonds is 0. The first-order valence-electron chi connectivity index (χ1n) is 6.06. The van der Waals surface area contributed by atoms with Gasteiger partial charge in [-0.25, -0.2) is 0 Å². The van der Waals surface area contributed by atoms with Gasteiger partial charge in [0.05, 0.1) is 0 Å². The van der Waals surface area contributed by atoms with Crippen LogP contribution in [0.4, 0.5) is 0 Å². The first-order chi connectivity index (χ1) is 8.22. The Bertz CT molecular complexity index is 507. The highest BCUT2D eigenvalue weighted by Gasteiger charge is 2.16. The van der Waals surface area contributed by atoms with Gasteiger partial charge in [-0.2, -0.15) is 0 Å². The van der Waals surface area contributed by atoms with Crippen molar-refractivity contribution in [2.24, 2.45) is 0 Å². The molecule has 0 amide bonds. The van der Waals surface area contributed by atoms with Crippen LogP contribution in [0.15, 0.2) is 83.1 Å². The van der Waals surface area contributed by atoms with Crippen LogP contribution in [0.1, 0.15) is 19.3 Å². The van der Waals surface area contributed by atoms with Crippen molar-refractivity contribution >= 4 is 0 Å². The quantitative estimate of drug-likeness (QED) is 0.561. The van der Waals surface area contributed by atoms with E-state index in [0.29, 0.717) is 0 Å². The SMILES string of the molecule is C=C1C=C/C(=C2C=C/C(=C3/C=CC(=C)C3)C/2)C1. The standard InChI is InChI=1S/C17H16/c1-12-3-5-14(9-12)16-7-8-17(11-16)15-6-4-13(2)10-15/h3-8H,1-2,9-11H2/b16-14+,17-15+. The van der Waals surface area contributed by atoms with Crippen LogP contribution in [0, 0.1) is 0 Å². The zero-order valence-electron chi connectivity index (χ0n) is 10.00. The third-order valence-electron chi connectivity index (χ3n) is 3.57. The summed E-state index contributed by atoms with van der Waals surface area (Å²) in [4.78, 5) is 0. The Labute approximate surface area is 103 Å². The summed E-state index contributed by atoms with van der Waals surface area (Å²) in [5, 5.41) is 0. The molecule has 0 unspecified atom stereocenters. The summed E-state index contributed by atoms with van der Waals surface area (Å²) < 4.78 is 0. The highest BCUT2D eigenvalue weighted by Crippen LogP contribution is 2.35. The second-order valence-corrected chi connectivity index (χ2v) is 4.95. The lowest BCUT2D eigenvalue weighted by atomic mass is 10.0. The Hall–Kier alpha value is -1.82. The summed E-state index contributed by atoms with van der Waals surface area (Å²) >= 11 is 0. The Morgan fingerprint density at radius 3 is 1.24 bits per heavy atom. The van der Waals surface area contributed by atoms with E-state index in [2.05, 4.69) is 49.6 Å². The first-order valence-corrected chi connectivity index (χ1v) is 6.06. The fourth-order valence-electron chi connectivity index (χ4n) is 2.57. The third-order valence-corrected chi connectivity index (χ3v) is 3.57. The molecule has 0 aromatic carbocycles. The maximum Gasteiger partial charge on any atom is -0.00201 e. The molecule has 3 aliphatic rings. The molecule has 84 valence electrons. The van der Waals surface area contributed by atoms with Crippen molar-refractivity contribution in [1.82, 2.24) is 0 Å². The maximum atomic E-state index is 4.00. The van der Waals surface area contributed by atoms with Crippen LogP contribution in [0.25, 0.3) is 0 Å². The number of hydrogen-bond donors (Lipinski definition) is 0. The zero-order valence-corrected chi connectivity index (χ0v) is 10.00. The minimum Gasteiger partial charge on any atom is -0.0955 e. The highest BCUT2D eigenvalue weighted by atomic mass is 14.2. The fourth-order valence-corrected chi connectivity index (χ4v) is 2.57. The lowest BCUT2D eigenvalue weighted by Crippen LogP contribution is -1.85. The summed E-state index contributed by atoms with van der Waals surface area (Å²) in [6.07, 6.45) is 16.3. The van der Waals surface area contributed by atoms with E-state index in [-0.39, 0.29) is 0 Å². The van der Waals surface area contributed by atoms with Gasteiger partial charge in [0.25, 0.3) is 0 Å². The molecule has 0 aromatic rings. The molecule has 17 heavy (non-hydrogen) atoms. The Morgan fingerprint density at radius 2 is 0.882 bits per heavy atom. The largest absolute Gasteiger partial charge is 0.0955 e. The van der Waals surface area contributed by atoms with Gasteiger partial charge < -0.3 is 0 Å². The Morgan fingerprint density at radius 1 is 0.529 bits per heavy atom. The van der Waals surface area contributed by atoms with E-state index in [0.717, 1.165) is 19.3 Å². The van der Waals surface area contributed by atoms with Crippen LogP contribution in [0.5, 0.6) is 0 Å². The first kappa shape index (κ1) is 10.3. The molecule has 3 aliphatic carbocycles. The molecular formula is C17H16. The van der Waals surface area contributed by atoms with Gasteiger partial charge in [-0.1, -0.05) is 60.8 Å². The van der Waals surface area contributed by atoms with Gasteiger partial charge in [0, 0.05) is 0 Å². The van der Waals surface area contributed by atoms with Crippen LogP contribution in [0.2, 0.25) is 0 Å². The predicted octanol–water partition coefficient (Wildman–Crippen LogP) is 4.57. The summed E-state index contributed by atoms with van der Waals surface area (Å²) in [6, 6.07) is 0. The van der Waals surface area contributed by atoms with Crippen molar-refractivity contribution in [2.75, 3.05) is 0 Å². The smallest absolute Gasteiger partial charge is 0.00201 e. The second kappa shape index (κ2) is 3.89. The average Bonchev–Trinajstić information content (AvgIpc) is 2.96. The summed E-state index contributed by atoms with van der Waals surface area (Å²) in [6.45, 7) is 8.00. The average molecular weight is 220 g/mol. The van der Waals surface area contributed by atoms with E-state index < -0.39 is 0 Å². The monoisotopic (exact) mass is 220 g/mol. The van der Waals surface area contributed by atoms with Crippen LogP contribution < -0.4 is 0 Å². The number of hydrogen-bond acceptors (Lipinski definition) is 0. The minimum absolute atomic E-state index is 1.02. The van der Waals surface area contributed by atoms with Gasteiger partial charge in [-0.3, -0.25) is 0 Å². The second-order valence-electron chi connectivity index (χ2n) is 4.95. The summed E-state index contributed by atoms with van der Waals surface area (Å²) in [5.74, 6) is 0. The predicted molar refractivity (Wildman–Crippen MR) is 73.6 cm³/mol. The molecule has 0 aromatic heterocycles. The van der Waals surface area contributed by atoms with Gasteiger partial charge in [0.2, 0.25) is 0 Å². The topological polar surface area (TPSA) is 0 Å². The third kappa shape index (κ3) is 1.91. The van der Waals surface area contributed by atoms with E-state index >= 15 is 0 Å². The van der Waals surface area contributed by atoms with Crippen molar-refractivity contribution in [1.29, 1.82) is 0 Å². The van der Waals surface area contributed by atoms with E-state index in [1.807, 2.05) is 0 Å². The highest BCUT2D eigenvalue weighted by molar-refractivity contribution is 5.55. The molecule has 0 radical (unpaired) electrons. The lowest BCUT2D eigenvalue weighted by Gasteiger charge is -2.03. The Kier molecular flexibility index (Phi) is 2.36. The minimum atomic E-state index is 1.02. The Balaban J connectivity index is 1.87. The van der Waals surface area contributed by atoms with Gasteiger partial charge in [0.1, 0.15) is 0 Å². The van der Waals surface area contributed by atoms with Crippen LogP contribution >= 0.6 is 0 Å². The maximum absolute atomic E-state index is 4.00. The zero-order chi connectivity index (χ0) is 11.8. The summed E-state index contributed by atoms with van der Waals surface area (Å²) in [7, 11) is 0. The van der Waals surface area contributed by atoms with Gasteiger partial charge >= 0.3 is 0 Å². The van der Waals surface area contributed by atoms with Crippen molar-refractivity contribution in [3.05, 3.63) is 83.1 Å². The van der Waals surface area contributed by atoms with E-state index in [1.54, 1.807) is 0 Å². The molecule has 0 aliphatic heterocycles. The molecule has 0 nitrogen and oxygen atoms in total. The van der Waals surface area contributed by atoms with Crippen molar-refractivity contribution in [2.45, 2.75) is 19.3 Å².